The number of aliphatic hydroxyl groups is 1. The van der Waals surface area contributed by atoms with Crippen molar-refractivity contribution < 1.29 is 26.7 Å². The minimum Gasteiger partial charge on any atom is -0.399 e. The van der Waals surface area contributed by atoms with Gasteiger partial charge in [0.2, 0.25) is 10.0 Å². The molecule has 1 rings (SSSR count). The molecule has 0 aliphatic rings. The lowest BCUT2D eigenvalue weighted by atomic mass is 10.2. The van der Waals surface area contributed by atoms with Gasteiger partial charge in [-0.1, -0.05) is 0 Å². The van der Waals surface area contributed by atoms with Crippen LogP contribution in [0.1, 0.15) is 5.56 Å². The summed E-state index contributed by atoms with van der Waals surface area (Å²) in [4.78, 5) is -0.290. The first-order valence-electron chi connectivity index (χ1n) is 5.62. The molecule has 1 aromatic carbocycles. The van der Waals surface area contributed by atoms with Crippen LogP contribution in [0.2, 0.25) is 0 Å². The Morgan fingerprint density at radius 2 is 1.95 bits per heavy atom. The van der Waals surface area contributed by atoms with E-state index < -0.39 is 35.9 Å². The van der Waals surface area contributed by atoms with Crippen LogP contribution in [0.3, 0.4) is 0 Å². The number of aliphatic hydroxyl groups excluding tert-OH is 1. The van der Waals surface area contributed by atoms with Crippen molar-refractivity contribution in [1.29, 1.82) is 0 Å². The highest BCUT2D eigenvalue weighted by Crippen LogP contribution is 2.24. The van der Waals surface area contributed by atoms with Crippen molar-refractivity contribution in [3.63, 3.8) is 0 Å². The number of alkyl halides is 3. The van der Waals surface area contributed by atoms with E-state index in [0.717, 1.165) is 6.07 Å². The largest absolute Gasteiger partial charge is 0.402 e. The zero-order valence-corrected chi connectivity index (χ0v) is 11.5. The summed E-state index contributed by atoms with van der Waals surface area (Å²) >= 11 is 0. The van der Waals surface area contributed by atoms with Crippen LogP contribution in [0.5, 0.6) is 0 Å². The lowest BCUT2D eigenvalue weighted by molar-refractivity contribution is -0.136. The second-order valence-corrected chi connectivity index (χ2v) is 6.13. The Bertz CT molecular complexity index is 573. The van der Waals surface area contributed by atoms with E-state index in [-0.39, 0.29) is 9.20 Å². The lowest BCUT2D eigenvalue weighted by Crippen LogP contribution is -2.40. The van der Waals surface area contributed by atoms with E-state index in [0.29, 0.717) is 11.3 Å². The Morgan fingerprint density at radius 3 is 2.40 bits per heavy atom. The summed E-state index contributed by atoms with van der Waals surface area (Å²) < 4.78 is 61.7. The normalized spacial score (nSPS) is 12.9. The van der Waals surface area contributed by atoms with Crippen molar-refractivity contribution >= 4 is 15.7 Å². The maximum Gasteiger partial charge on any atom is 0.402 e. The van der Waals surface area contributed by atoms with Crippen molar-refractivity contribution in [2.24, 2.45) is 0 Å². The Balaban J connectivity index is 3.18. The van der Waals surface area contributed by atoms with Gasteiger partial charge in [-0.2, -0.15) is 17.5 Å². The van der Waals surface area contributed by atoms with Gasteiger partial charge >= 0.3 is 6.18 Å². The molecule has 0 fully saturated rings. The minimum atomic E-state index is -4.69. The van der Waals surface area contributed by atoms with Gasteiger partial charge in [-0.05, 0) is 30.7 Å². The number of hydrogen-bond acceptors (Lipinski definition) is 4. The van der Waals surface area contributed by atoms with Gasteiger partial charge < -0.3 is 10.8 Å². The number of hydrogen-bond donors (Lipinski definition) is 2. The average Bonchev–Trinajstić information content (AvgIpc) is 2.30. The fraction of sp³-hybridized carbons (Fsp3) is 0.455. The Labute approximate surface area is 114 Å². The van der Waals surface area contributed by atoms with Gasteiger partial charge in [0.1, 0.15) is 6.54 Å². The molecule has 0 unspecified atom stereocenters. The first-order chi connectivity index (χ1) is 9.08. The molecule has 0 aliphatic heterocycles. The van der Waals surface area contributed by atoms with Gasteiger partial charge in [-0.25, -0.2) is 8.42 Å². The van der Waals surface area contributed by atoms with E-state index >= 15 is 0 Å². The maximum absolute atomic E-state index is 12.4. The van der Waals surface area contributed by atoms with Crippen LogP contribution < -0.4 is 5.73 Å². The molecule has 20 heavy (non-hydrogen) atoms. The number of anilines is 1. The summed E-state index contributed by atoms with van der Waals surface area (Å²) in [6.45, 7) is -1.44. The van der Waals surface area contributed by atoms with E-state index in [1.54, 1.807) is 6.92 Å². The highest BCUT2D eigenvalue weighted by atomic mass is 32.2. The molecule has 3 N–H and O–H groups in total. The van der Waals surface area contributed by atoms with Gasteiger partial charge in [0.15, 0.2) is 0 Å². The van der Waals surface area contributed by atoms with Gasteiger partial charge in [-0.3, -0.25) is 0 Å². The summed E-state index contributed by atoms with van der Waals surface area (Å²) in [6.07, 6.45) is -4.69. The van der Waals surface area contributed by atoms with E-state index in [2.05, 4.69) is 0 Å². The molecule has 0 saturated carbocycles. The third kappa shape index (κ3) is 4.09. The average molecular weight is 312 g/mol. The maximum atomic E-state index is 12.4. The molecule has 1 aromatic rings. The molecule has 5 nitrogen and oxygen atoms in total. The van der Waals surface area contributed by atoms with Crippen molar-refractivity contribution in [1.82, 2.24) is 4.31 Å². The van der Waals surface area contributed by atoms with Crippen LogP contribution in [0.15, 0.2) is 23.1 Å². The van der Waals surface area contributed by atoms with Crippen molar-refractivity contribution in [3.05, 3.63) is 23.8 Å². The summed E-state index contributed by atoms with van der Waals surface area (Å²) in [6, 6.07) is 3.65. The standard InChI is InChI=1S/C11H15F3N2O3S/c1-8-6-9(2-3-10(8)15)20(18,19)16(4-5-17)7-11(12,13)14/h2-3,6,17H,4-5,7,15H2,1H3. The van der Waals surface area contributed by atoms with E-state index in [4.69, 9.17) is 10.8 Å². The van der Waals surface area contributed by atoms with Gasteiger partial charge in [0, 0.05) is 12.2 Å². The molecule has 0 atom stereocenters. The molecule has 0 heterocycles. The van der Waals surface area contributed by atoms with Crippen LogP contribution in [-0.4, -0.2) is 43.7 Å². The predicted molar refractivity (Wildman–Crippen MR) is 67.5 cm³/mol. The SMILES string of the molecule is Cc1cc(S(=O)(=O)N(CCO)CC(F)(F)F)ccc1N. The number of nitrogens with two attached hydrogens (primary N) is 1. The van der Waals surface area contributed by atoms with Gasteiger partial charge in [0.05, 0.1) is 11.5 Å². The van der Waals surface area contributed by atoms with Crippen molar-refractivity contribution in [2.75, 3.05) is 25.4 Å². The number of nitrogens with zero attached hydrogens (tertiary/aromatic N) is 1. The molecule has 114 valence electrons. The summed E-state index contributed by atoms with van der Waals surface area (Å²) in [7, 11) is -4.34. The van der Waals surface area contributed by atoms with Gasteiger partial charge in [0.25, 0.3) is 0 Å². The van der Waals surface area contributed by atoms with Crippen LogP contribution in [0, 0.1) is 6.92 Å². The molecular weight excluding hydrogens is 297 g/mol. The summed E-state index contributed by atoms with van der Waals surface area (Å²) in [5, 5.41) is 8.75. The van der Waals surface area contributed by atoms with Gasteiger partial charge in [-0.15, -0.1) is 0 Å². The second-order valence-electron chi connectivity index (χ2n) is 4.20. The second kappa shape index (κ2) is 5.98. The number of rotatable bonds is 5. The fourth-order valence-electron chi connectivity index (χ4n) is 1.55. The highest BCUT2D eigenvalue weighted by Gasteiger charge is 2.36. The molecule has 0 amide bonds. The third-order valence-corrected chi connectivity index (χ3v) is 4.43. The van der Waals surface area contributed by atoms with Crippen LogP contribution in [0.25, 0.3) is 0 Å². The quantitative estimate of drug-likeness (QED) is 0.798. The monoisotopic (exact) mass is 312 g/mol. The molecule has 0 aromatic heterocycles. The third-order valence-electron chi connectivity index (χ3n) is 2.58. The number of halogens is 3. The van der Waals surface area contributed by atoms with Crippen LogP contribution in [0.4, 0.5) is 18.9 Å². The highest BCUT2D eigenvalue weighted by molar-refractivity contribution is 7.89. The molecule has 0 radical (unpaired) electrons. The van der Waals surface area contributed by atoms with E-state index in [1.807, 2.05) is 0 Å². The molecule has 0 saturated heterocycles. The minimum absolute atomic E-state index is 0.192. The Morgan fingerprint density at radius 1 is 1.35 bits per heavy atom. The first-order valence-corrected chi connectivity index (χ1v) is 7.06. The smallest absolute Gasteiger partial charge is 0.399 e. The number of benzene rings is 1. The van der Waals surface area contributed by atoms with Crippen LogP contribution >= 0.6 is 0 Å². The zero-order valence-electron chi connectivity index (χ0n) is 10.7. The molecule has 0 spiro atoms. The fourth-order valence-corrected chi connectivity index (χ4v) is 3.06. The molecular formula is C11H15F3N2O3S. The van der Waals surface area contributed by atoms with E-state index in [9.17, 15) is 21.6 Å². The van der Waals surface area contributed by atoms with Crippen LogP contribution in [-0.2, 0) is 10.0 Å². The summed E-state index contributed by atoms with van der Waals surface area (Å²) in [5.41, 5.74) is 6.33. The lowest BCUT2D eigenvalue weighted by Gasteiger charge is -2.22. The molecule has 9 heteroatoms. The molecule has 0 aliphatic carbocycles. The Hall–Kier alpha value is -1.32. The molecule has 0 bridgehead atoms. The first kappa shape index (κ1) is 16.7. The predicted octanol–water partition coefficient (Wildman–Crippen LogP) is 1.12. The van der Waals surface area contributed by atoms with Crippen molar-refractivity contribution in [2.45, 2.75) is 18.0 Å². The number of sulfonamides is 1. The topological polar surface area (TPSA) is 83.6 Å². The number of nitrogen functional groups attached to an aromatic ring is 1. The Kier molecular flexibility index (Phi) is 5.00. The van der Waals surface area contributed by atoms with E-state index in [1.165, 1.54) is 12.1 Å². The zero-order chi connectivity index (χ0) is 15.6. The summed E-state index contributed by atoms with van der Waals surface area (Å²) in [5.74, 6) is 0. The van der Waals surface area contributed by atoms with Crippen molar-refractivity contribution in [3.8, 4) is 0 Å². The number of aryl methyl sites for hydroxylation is 1.